The molecular weight excluding hydrogens is 504 g/mol. The van der Waals surface area contributed by atoms with Crippen molar-refractivity contribution in [2.75, 3.05) is 9.91 Å². The molecule has 9 heteroatoms. The first kappa shape index (κ1) is 21.2. The molecule has 0 aliphatic carbocycles. The Morgan fingerprint density at radius 3 is 2.21 bits per heavy atom. The Morgan fingerprint density at radius 2 is 1.48 bits per heavy atom. The number of nitrogens with zero attached hydrogens (tertiary/aromatic N) is 4. The van der Waals surface area contributed by atoms with Crippen molar-refractivity contribution in [2.45, 2.75) is 6.42 Å². The molecule has 1 aliphatic heterocycles. The minimum atomic E-state index is -0.602. The van der Waals surface area contributed by atoms with Crippen LogP contribution in [0, 0.1) is 0 Å². The summed E-state index contributed by atoms with van der Waals surface area (Å²) >= 11 is 8.97. The Hall–Kier alpha value is -3.69. The van der Waals surface area contributed by atoms with Crippen molar-refractivity contribution in [3.05, 3.63) is 93.7 Å². The number of carbonyl (C=O) groups is 2. The summed E-state index contributed by atoms with van der Waals surface area (Å²) in [7, 11) is 0. The zero-order chi connectivity index (χ0) is 23.1. The molecule has 0 unspecified atom stereocenters. The highest BCUT2D eigenvalue weighted by Gasteiger charge is 2.39. The standard InChI is InChI=1S/C24H15BrN4O3S/c25-16-10-12-17(13-11-16)27-20(30)14-21(31)28(24(27)33)29-22(15-6-2-1-3-7-15)26-19-9-5-4-8-18(19)23(29)32/h1-13H,14H2. The zero-order valence-electron chi connectivity index (χ0n) is 17.0. The fraction of sp³-hybridized carbons (Fsp3) is 0.0417. The van der Waals surface area contributed by atoms with Gasteiger partial charge in [0, 0.05) is 10.0 Å². The molecule has 1 saturated heterocycles. The van der Waals surface area contributed by atoms with Gasteiger partial charge < -0.3 is 0 Å². The number of benzene rings is 3. The van der Waals surface area contributed by atoms with E-state index >= 15 is 0 Å². The highest BCUT2D eigenvalue weighted by molar-refractivity contribution is 9.10. The van der Waals surface area contributed by atoms with Crippen molar-refractivity contribution < 1.29 is 9.59 Å². The third-order valence-electron chi connectivity index (χ3n) is 5.23. The van der Waals surface area contributed by atoms with Gasteiger partial charge in [0.1, 0.15) is 6.42 Å². The lowest BCUT2D eigenvalue weighted by Gasteiger charge is -2.36. The van der Waals surface area contributed by atoms with Gasteiger partial charge in [0.25, 0.3) is 11.5 Å². The Balaban J connectivity index is 1.75. The molecule has 1 aromatic heterocycles. The van der Waals surface area contributed by atoms with Gasteiger partial charge in [-0.25, -0.2) is 4.98 Å². The number of aromatic nitrogens is 2. The van der Waals surface area contributed by atoms with E-state index < -0.39 is 23.8 Å². The number of amides is 2. The minimum absolute atomic E-state index is 0.116. The van der Waals surface area contributed by atoms with Gasteiger partial charge in [-0.15, -0.1) is 0 Å². The van der Waals surface area contributed by atoms with Gasteiger partial charge >= 0.3 is 0 Å². The maximum absolute atomic E-state index is 13.6. The topological polar surface area (TPSA) is 75.5 Å². The van der Waals surface area contributed by atoms with Gasteiger partial charge in [0.15, 0.2) is 5.82 Å². The molecule has 0 bridgehead atoms. The van der Waals surface area contributed by atoms with Crippen LogP contribution in [0.15, 0.2) is 88.1 Å². The van der Waals surface area contributed by atoms with Crippen LogP contribution in [0.1, 0.15) is 6.42 Å². The molecule has 0 N–H and O–H groups in total. The van der Waals surface area contributed by atoms with Crippen LogP contribution in [0.4, 0.5) is 5.69 Å². The van der Waals surface area contributed by atoms with Crippen LogP contribution in [-0.2, 0) is 9.59 Å². The number of para-hydroxylation sites is 1. The number of hydrogen-bond donors (Lipinski definition) is 0. The number of anilines is 1. The first-order valence-corrected chi connectivity index (χ1v) is 11.2. The first-order valence-electron chi connectivity index (χ1n) is 9.98. The van der Waals surface area contributed by atoms with Gasteiger partial charge in [-0.3, -0.25) is 19.3 Å². The van der Waals surface area contributed by atoms with Crippen LogP contribution in [0.3, 0.4) is 0 Å². The molecule has 0 saturated carbocycles. The number of halogens is 1. The molecule has 0 radical (unpaired) electrons. The Kier molecular flexibility index (Phi) is 5.35. The van der Waals surface area contributed by atoms with E-state index in [1.165, 1.54) is 9.58 Å². The molecular formula is C24H15BrN4O3S. The SMILES string of the molecule is O=C1CC(=O)N(n2c(-c3ccccc3)nc3ccccc3c2=O)C(=S)N1c1ccc(Br)cc1. The van der Waals surface area contributed by atoms with Crippen LogP contribution < -0.4 is 15.5 Å². The number of hydrogen-bond acceptors (Lipinski definition) is 5. The van der Waals surface area contributed by atoms with Crippen molar-refractivity contribution in [3.63, 3.8) is 0 Å². The molecule has 2 amide bonds. The summed E-state index contributed by atoms with van der Waals surface area (Å²) in [4.78, 5) is 45.5. The predicted molar refractivity (Wildman–Crippen MR) is 134 cm³/mol. The molecule has 0 spiro atoms. The molecule has 33 heavy (non-hydrogen) atoms. The summed E-state index contributed by atoms with van der Waals surface area (Å²) in [6.07, 6.45) is -0.441. The average Bonchev–Trinajstić information content (AvgIpc) is 2.82. The van der Waals surface area contributed by atoms with Crippen molar-refractivity contribution in [1.29, 1.82) is 0 Å². The fourth-order valence-electron chi connectivity index (χ4n) is 3.72. The minimum Gasteiger partial charge on any atom is -0.273 e. The van der Waals surface area contributed by atoms with Gasteiger partial charge in [-0.1, -0.05) is 58.4 Å². The quantitative estimate of drug-likeness (QED) is 0.302. The second kappa shape index (κ2) is 8.34. The molecule has 1 aliphatic rings. The van der Waals surface area contributed by atoms with E-state index in [1.807, 2.05) is 18.2 Å². The van der Waals surface area contributed by atoms with Crippen molar-refractivity contribution in [2.24, 2.45) is 0 Å². The van der Waals surface area contributed by atoms with Gasteiger partial charge in [0.05, 0.1) is 16.6 Å². The lowest BCUT2D eigenvalue weighted by molar-refractivity contribution is -0.127. The molecule has 4 aromatic rings. The molecule has 2 heterocycles. The number of carbonyl (C=O) groups excluding carboxylic acids is 2. The lowest BCUT2D eigenvalue weighted by atomic mass is 10.2. The second-order valence-electron chi connectivity index (χ2n) is 7.31. The monoisotopic (exact) mass is 518 g/mol. The smallest absolute Gasteiger partial charge is 0.273 e. The highest BCUT2D eigenvalue weighted by atomic mass is 79.9. The van der Waals surface area contributed by atoms with Crippen LogP contribution >= 0.6 is 28.1 Å². The maximum Gasteiger partial charge on any atom is 0.281 e. The van der Waals surface area contributed by atoms with Crippen molar-refractivity contribution >= 4 is 61.7 Å². The van der Waals surface area contributed by atoms with E-state index in [4.69, 9.17) is 12.2 Å². The summed E-state index contributed by atoms with van der Waals surface area (Å²) in [5.41, 5.74) is 1.16. The largest absolute Gasteiger partial charge is 0.281 e. The van der Waals surface area contributed by atoms with E-state index in [0.29, 0.717) is 22.2 Å². The van der Waals surface area contributed by atoms with Crippen molar-refractivity contribution in [1.82, 2.24) is 9.66 Å². The van der Waals surface area contributed by atoms with E-state index in [0.717, 1.165) is 9.48 Å². The van der Waals surface area contributed by atoms with Crippen LogP contribution in [-0.4, -0.2) is 26.6 Å². The van der Waals surface area contributed by atoms with Crippen molar-refractivity contribution in [3.8, 4) is 11.4 Å². The number of fused-ring (bicyclic) bond motifs is 1. The normalized spacial score (nSPS) is 14.3. The van der Waals surface area contributed by atoms with Crippen LogP contribution in [0.5, 0.6) is 0 Å². The average molecular weight is 519 g/mol. The Bertz CT molecular complexity index is 1490. The van der Waals surface area contributed by atoms with E-state index in [2.05, 4.69) is 20.9 Å². The first-order chi connectivity index (χ1) is 16.0. The predicted octanol–water partition coefficient (Wildman–Crippen LogP) is 4.01. The molecule has 7 nitrogen and oxygen atoms in total. The summed E-state index contributed by atoms with van der Waals surface area (Å²) in [5.74, 6) is -0.818. The highest BCUT2D eigenvalue weighted by Crippen LogP contribution is 2.26. The van der Waals surface area contributed by atoms with Gasteiger partial charge in [0.2, 0.25) is 11.0 Å². The summed E-state index contributed by atoms with van der Waals surface area (Å²) < 4.78 is 2.00. The summed E-state index contributed by atoms with van der Waals surface area (Å²) in [5, 5.41) is 1.29. The molecule has 162 valence electrons. The Labute approximate surface area is 202 Å². The van der Waals surface area contributed by atoms with E-state index in [9.17, 15) is 14.4 Å². The number of thiocarbonyl (C=S) groups is 1. The van der Waals surface area contributed by atoms with Crippen LogP contribution in [0.25, 0.3) is 22.3 Å². The van der Waals surface area contributed by atoms with E-state index in [-0.39, 0.29) is 10.9 Å². The molecule has 5 rings (SSSR count). The third-order valence-corrected chi connectivity index (χ3v) is 6.12. The lowest BCUT2D eigenvalue weighted by Crippen LogP contribution is -2.62. The van der Waals surface area contributed by atoms with Gasteiger partial charge in [-0.2, -0.15) is 9.69 Å². The molecule has 0 atom stereocenters. The third kappa shape index (κ3) is 3.65. The maximum atomic E-state index is 13.6. The van der Waals surface area contributed by atoms with E-state index in [1.54, 1.807) is 60.7 Å². The van der Waals surface area contributed by atoms with Crippen LogP contribution in [0.2, 0.25) is 0 Å². The summed E-state index contributed by atoms with van der Waals surface area (Å²) in [6, 6.07) is 22.9. The summed E-state index contributed by atoms with van der Waals surface area (Å²) in [6.45, 7) is 0. The molecule has 1 fully saturated rings. The Morgan fingerprint density at radius 1 is 0.818 bits per heavy atom. The fourth-order valence-corrected chi connectivity index (χ4v) is 4.37. The number of rotatable bonds is 3. The zero-order valence-corrected chi connectivity index (χ0v) is 19.4. The van der Waals surface area contributed by atoms with Gasteiger partial charge in [-0.05, 0) is 48.6 Å². The second-order valence-corrected chi connectivity index (χ2v) is 8.59. The molecule has 3 aromatic carbocycles.